The summed E-state index contributed by atoms with van der Waals surface area (Å²) in [5, 5.41) is 3.15. The smallest absolute Gasteiger partial charge is 0.126 e. The molecular weight excluding hydrogens is 260 g/mol. The molecule has 0 aromatic heterocycles. The fraction of sp³-hybridized carbons (Fsp3) is 0.600. The Balaban J connectivity index is 1.91. The highest BCUT2D eigenvalue weighted by atomic mass is 19.1. The maximum Gasteiger partial charge on any atom is 0.126 e. The molecule has 1 heterocycles. The van der Waals surface area contributed by atoms with E-state index in [0.717, 1.165) is 45.2 Å². The average molecular weight is 283 g/mol. The first-order chi connectivity index (χ1) is 9.58. The molecule has 0 radical (unpaired) electrons. The molecule has 2 rings (SSSR count). The molecule has 1 aromatic carbocycles. The first kappa shape index (κ1) is 15.4. The van der Waals surface area contributed by atoms with Gasteiger partial charge in [-0.15, -0.1) is 0 Å². The van der Waals surface area contributed by atoms with Gasteiger partial charge in [-0.2, -0.15) is 0 Å². The van der Waals surface area contributed by atoms with Gasteiger partial charge in [0.1, 0.15) is 11.6 Å². The number of hydrogen-bond donors (Lipinski definition) is 1. The van der Waals surface area contributed by atoms with Crippen LogP contribution in [0, 0.1) is 11.6 Å². The third-order valence-corrected chi connectivity index (χ3v) is 3.97. The molecule has 1 N–H and O–H groups in total. The van der Waals surface area contributed by atoms with E-state index in [-0.39, 0.29) is 6.04 Å². The number of halogens is 2. The number of likely N-dealkylation sites (N-methyl/N-ethyl adjacent to an activating group) is 1. The average Bonchev–Trinajstić information content (AvgIpc) is 2.40. The van der Waals surface area contributed by atoms with E-state index in [4.69, 9.17) is 0 Å². The topological polar surface area (TPSA) is 18.5 Å². The van der Waals surface area contributed by atoms with E-state index in [1.807, 2.05) is 7.05 Å². The summed E-state index contributed by atoms with van der Waals surface area (Å²) in [5.74, 6) is -1.03. The summed E-state index contributed by atoms with van der Waals surface area (Å²) in [6.45, 7) is 5.23. The van der Waals surface area contributed by atoms with Crippen LogP contribution in [0.3, 0.4) is 0 Å². The van der Waals surface area contributed by atoms with E-state index in [0.29, 0.717) is 5.56 Å². The lowest BCUT2D eigenvalue weighted by molar-refractivity contribution is 0.149. The van der Waals surface area contributed by atoms with E-state index in [9.17, 15) is 8.78 Å². The van der Waals surface area contributed by atoms with E-state index in [1.165, 1.54) is 12.1 Å². The fourth-order valence-electron chi connectivity index (χ4n) is 2.64. The van der Waals surface area contributed by atoms with Crippen molar-refractivity contribution in [3.05, 3.63) is 35.4 Å². The Morgan fingerprint density at radius 1 is 1.10 bits per heavy atom. The minimum absolute atomic E-state index is 0.0140. The molecule has 0 spiro atoms. The minimum Gasteiger partial charge on any atom is -0.313 e. The maximum atomic E-state index is 13.3. The SMILES string of the molecule is CNC(CCN1CCN(C)CC1)c1cc(F)cc(F)c1. The molecule has 1 fully saturated rings. The first-order valence-corrected chi connectivity index (χ1v) is 7.12. The predicted octanol–water partition coefficient (Wildman–Crippen LogP) is 1.86. The number of nitrogens with zero attached hydrogens (tertiary/aromatic N) is 2. The van der Waals surface area contributed by atoms with Crippen molar-refractivity contribution in [2.45, 2.75) is 12.5 Å². The quantitative estimate of drug-likeness (QED) is 0.890. The summed E-state index contributed by atoms with van der Waals surface area (Å²) in [5.41, 5.74) is 0.680. The van der Waals surface area contributed by atoms with Gasteiger partial charge in [-0.05, 0) is 38.2 Å². The second-order valence-electron chi connectivity index (χ2n) is 5.48. The number of hydrogen-bond acceptors (Lipinski definition) is 3. The Kier molecular flexibility index (Phi) is 5.46. The van der Waals surface area contributed by atoms with E-state index in [1.54, 1.807) is 0 Å². The van der Waals surface area contributed by atoms with E-state index in [2.05, 4.69) is 22.2 Å². The number of nitrogens with one attached hydrogen (secondary N) is 1. The molecule has 1 unspecified atom stereocenters. The largest absolute Gasteiger partial charge is 0.313 e. The van der Waals surface area contributed by atoms with Crippen molar-refractivity contribution in [3.8, 4) is 0 Å². The molecule has 1 aliphatic heterocycles. The van der Waals surface area contributed by atoms with Crippen LogP contribution in [0.2, 0.25) is 0 Å². The van der Waals surface area contributed by atoms with Crippen LogP contribution in [-0.2, 0) is 0 Å². The van der Waals surface area contributed by atoms with E-state index >= 15 is 0 Å². The Morgan fingerprint density at radius 3 is 2.25 bits per heavy atom. The summed E-state index contributed by atoms with van der Waals surface area (Å²) in [4.78, 5) is 4.72. The Labute approximate surface area is 119 Å². The fourth-order valence-corrected chi connectivity index (χ4v) is 2.64. The summed E-state index contributed by atoms with van der Waals surface area (Å²) in [7, 11) is 3.96. The van der Waals surface area contributed by atoms with Crippen molar-refractivity contribution in [2.24, 2.45) is 0 Å². The van der Waals surface area contributed by atoms with Crippen molar-refractivity contribution in [1.29, 1.82) is 0 Å². The molecule has 112 valence electrons. The standard InChI is InChI=1S/C15H23F2N3/c1-18-15(12-9-13(16)11-14(17)10-12)3-4-20-7-5-19(2)6-8-20/h9-11,15,18H,3-8H2,1-2H3. The van der Waals surface area contributed by atoms with Crippen LogP contribution in [0.15, 0.2) is 18.2 Å². The normalized spacial score (nSPS) is 19.2. The van der Waals surface area contributed by atoms with Crippen LogP contribution in [-0.4, -0.2) is 56.6 Å². The molecular formula is C15H23F2N3. The highest BCUT2D eigenvalue weighted by Crippen LogP contribution is 2.19. The van der Waals surface area contributed by atoms with Gasteiger partial charge in [0.2, 0.25) is 0 Å². The van der Waals surface area contributed by atoms with Gasteiger partial charge in [0.15, 0.2) is 0 Å². The van der Waals surface area contributed by atoms with Gasteiger partial charge in [-0.25, -0.2) is 8.78 Å². The number of benzene rings is 1. The van der Waals surface area contributed by atoms with Gasteiger partial charge < -0.3 is 15.1 Å². The highest BCUT2D eigenvalue weighted by molar-refractivity contribution is 5.21. The van der Waals surface area contributed by atoms with Crippen LogP contribution >= 0.6 is 0 Å². The molecule has 0 saturated carbocycles. The third kappa shape index (κ3) is 4.23. The van der Waals surface area contributed by atoms with Gasteiger partial charge in [-0.1, -0.05) is 0 Å². The summed E-state index contributed by atoms with van der Waals surface area (Å²) >= 11 is 0. The van der Waals surface area contributed by atoms with Crippen LogP contribution in [0.5, 0.6) is 0 Å². The molecule has 20 heavy (non-hydrogen) atoms. The van der Waals surface area contributed by atoms with Gasteiger partial charge >= 0.3 is 0 Å². The Morgan fingerprint density at radius 2 is 1.70 bits per heavy atom. The lowest BCUT2D eigenvalue weighted by Crippen LogP contribution is -2.45. The van der Waals surface area contributed by atoms with Crippen molar-refractivity contribution >= 4 is 0 Å². The molecule has 1 atom stereocenters. The molecule has 0 bridgehead atoms. The zero-order valence-corrected chi connectivity index (χ0v) is 12.2. The third-order valence-electron chi connectivity index (χ3n) is 3.97. The molecule has 5 heteroatoms. The molecule has 1 aromatic rings. The lowest BCUT2D eigenvalue weighted by Gasteiger charge is -2.33. The van der Waals surface area contributed by atoms with Gasteiger partial charge in [0.05, 0.1) is 0 Å². The second-order valence-corrected chi connectivity index (χ2v) is 5.48. The number of rotatable bonds is 5. The molecule has 3 nitrogen and oxygen atoms in total. The van der Waals surface area contributed by atoms with Crippen molar-refractivity contribution < 1.29 is 8.78 Å². The van der Waals surface area contributed by atoms with Crippen LogP contribution < -0.4 is 5.32 Å². The molecule has 0 aliphatic carbocycles. The lowest BCUT2D eigenvalue weighted by atomic mass is 10.0. The van der Waals surface area contributed by atoms with Crippen molar-refractivity contribution in [3.63, 3.8) is 0 Å². The van der Waals surface area contributed by atoms with Gasteiger partial charge in [-0.3, -0.25) is 0 Å². The molecule has 1 aliphatic rings. The van der Waals surface area contributed by atoms with Crippen LogP contribution in [0.1, 0.15) is 18.0 Å². The van der Waals surface area contributed by atoms with Crippen LogP contribution in [0.4, 0.5) is 8.78 Å². The monoisotopic (exact) mass is 283 g/mol. The van der Waals surface area contributed by atoms with Gasteiger partial charge in [0, 0.05) is 44.8 Å². The highest BCUT2D eigenvalue weighted by Gasteiger charge is 2.17. The zero-order chi connectivity index (χ0) is 14.5. The van der Waals surface area contributed by atoms with Crippen molar-refractivity contribution in [2.75, 3.05) is 46.8 Å². The first-order valence-electron chi connectivity index (χ1n) is 7.12. The Hall–Kier alpha value is -1.04. The van der Waals surface area contributed by atoms with E-state index < -0.39 is 11.6 Å². The van der Waals surface area contributed by atoms with Gasteiger partial charge in [0.25, 0.3) is 0 Å². The summed E-state index contributed by atoms with van der Waals surface area (Å²) in [6.07, 6.45) is 0.850. The predicted molar refractivity (Wildman–Crippen MR) is 76.7 cm³/mol. The Bertz CT molecular complexity index is 411. The van der Waals surface area contributed by atoms with Crippen LogP contribution in [0.25, 0.3) is 0 Å². The van der Waals surface area contributed by atoms with Crippen molar-refractivity contribution in [1.82, 2.24) is 15.1 Å². The zero-order valence-electron chi connectivity index (χ0n) is 12.2. The number of piperazine rings is 1. The molecule has 0 amide bonds. The summed E-state index contributed by atoms with van der Waals surface area (Å²) < 4.78 is 26.6. The molecule has 1 saturated heterocycles. The minimum atomic E-state index is -0.514. The summed E-state index contributed by atoms with van der Waals surface area (Å²) in [6, 6.07) is 3.72. The second kappa shape index (κ2) is 7.11. The maximum absolute atomic E-state index is 13.3.